The van der Waals surface area contributed by atoms with Gasteiger partial charge in [0.05, 0.1) is 0 Å². The van der Waals surface area contributed by atoms with Crippen molar-refractivity contribution in [1.29, 1.82) is 0 Å². The molecule has 0 fully saturated rings. The summed E-state index contributed by atoms with van der Waals surface area (Å²) in [5.41, 5.74) is 0. The van der Waals surface area contributed by atoms with E-state index in [0.29, 0.717) is 0 Å². The molecule has 2 rings (SSSR count). The highest BCUT2D eigenvalue weighted by Crippen LogP contribution is 2.02. The van der Waals surface area contributed by atoms with Gasteiger partial charge in [-0.25, -0.2) is 0 Å². The molecule has 0 saturated heterocycles. The third kappa shape index (κ3) is 2.30. The SMILES string of the molecule is C(#CN1C=CCC=C1)N1C=CCC=C1. The van der Waals surface area contributed by atoms with E-state index in [0.717, 1.165) is 12.8 Å². The average molecular weight is 184 g/mol. The van der Waals surface area contributed by atoms with Crippen LogP contribution in [0.2, 0.25) is 0 Å². The Morgan fingerprint density at radius 3 is 1.36 bits per heavy atom. The lowest BCUT2D eigenvalue weighted by Crippen LogP contribution is -2.07. The van der Waals surface area contributed by atoms with Gasteiger partial charge in [-0.3, -0.25) is 9.80 Å². The largest absolute Gasteiger partial charge is 0.284 e. The van der Waals surface area contributed by atoms with Gasteiger partial charge in [0.25, 0.3) is 0 Å². The molecule has 70 valence electrons. The van der Waals surface area contributed by atoms with Crippen LogP contribution in [0, 0.1) is 12.1 Å². The van der Waals surface area contributed by atoms with Crippen LogP contribution < -0.4 is 0 Å². The predicted octanol–water partition coefficient (Wildman–Crippen LogP) is 2.37. The van der Waals surface area contributed by atoms with Crippen LogP contribution in [0.5, 0.6) is 0 Å². The Morgan fingerprint density at radius 1 is 0.643 bits per heavy atom. The number of hydrogen-bond donors (Lipinski definition) is 0. The Kier molecular flexibility index (Phi) is 2.73. The summed E-state index contributed by atoms with van der Waals surface area (Å²) in [7, 11) is 0. The Bertz CT molecular complexity index is 306. The van der Waals surface area contributed by atoms with Gasteiger partial charge in [0.15, 0.2) is 0 Å². The second kappa shape index (κ2) is 4.38. The van der Waals surface area contributed by atoms with Crippen LogP contribution in [0.1, 0.15) is 12.8 Å². The molecule has 0 N–H and O–H groups in total. The van der Waals surface area contributed by atoms with Crippen LogP contribution in [0.4, 0.5) is 0 Å². The maximum atomic E-state index is 3.02. The first-order valence-corrected chi connectivity index (χ1v) is 4.70. The van der Waals surface area contributed by atoms with E-state index in [4.69, 9.17) is 0 Å². The van der Waals surface area contributed by atoms with Crippen molar-refractivity contribution in [3.05, 3.63) is 49.1 Å². The van der Waals surface area contributed by atoms with E-state index < -0.39 is 0 Å². The zero-order valence-corrected chi connectivity index (χ0v) is 7.93. The summed E-state index contributed by atoms with van der Waals surface area (Å²) in [4.78, 5) is 3.72. The highest BCUT2D eigenvalue weighted by atomic mass is 15.1. The van der Waals surface area contributed by atoms with E-state index in [2.05, 4.69) is 36.4 Å². The lowest BCUT2D eigenvalue weighted by atomic mass is 10.3. The summed E-state index contributed by atoms with van der Waals surface area (Å²) in [6.07, 6.45) is 18.2. The molecule has 0 aromatic heterocycles. The molecular formula is C12H12N2. The third-order valence-corrected chi connectivity index (χ3v) is 1.92. The van der Waals surface area contributed by atoms with E-state index in [1.807, 2.05) is 34.6 Å². The van der Waals surface area contributed by atoms with Crippen molar-refractivity contribution < 1.29 is 0 Å². The van der Waals surface area contributed by atoms with Gasteiger partial charge in [0.1, 0.15) is 0 Å². The van der Waals surface area contributed by atoms with E-state index in [1.165, 1.54) is 0 Å². The third-order valence-electron chi connectivity index (χ3n) is 1.92. The Balaban J connectivity index is 1.98. The number of allylic oxidation sites excluding steroid dienone is 4. The first kappa shape index (κ1) is 8.71. The summed E-state index contributed by atoms with van der Waals surface area (Å²) >= 11 is 0. The van der Waals surface area contributed by atoms with Crippen LogP contribution in [0.15, 0.2) is 49.1 Å². The Labute approximate surface area is 84.5 Å². The molecule has 0 aromatic carbocycles. The van der Waals surface area contributed by atoms with E-state index in [-0.39, 0.29) is 0 Å². The minimum absolute atomic E-state index is 1.00. The van der Waals surface area contributed by atoms with Crippen LogP contribution >= 0.6 is 0 Å². The minimum Gasteiger partial charge on any atom is -0.284 e. The van der Waals surface area contributed by atoms with Gasteiger partial charge < -0.3 is 0 Å². The van der Waals surface area contributed by atoms with Crippen molar-refractivity contribution in [2.24, 2.45) is 0 Å². The van der Waals surface area contributed by atoms with Crippen molar-refractivity contribution in [2.45, 2.75) is 12.8 Å². The molecule has 0 unspecified atom stereocenters. The van der Waals surface area contributed by atoms with Gasteiger partial charge in [-0.15, -0.1) is 0 Å². The molecule has 0 amide bonds. The van der Waals surface area contributed by atoms with Crippen molar-refractivity contribution in [3.63, 3.8) is 0 Å². The van der Waals surface area contributed by atoms with Gasteiger partial charge >= 0.3 is 0 Å². The van der Waals surface area contributed by atoms with Crippen molar-refractivity contribution in [3.8, 4) is 12.1 Å². The fourth-order valence-electron chi connectivity index (χ4n) is 1.22. The number of rotatable bonds is 0. The topological polar surface area (TPSA) is 6.48 Å². The number of nitrogens with zero attached hydrogens (tertiary/aromatic N) is 2. The second-order valence-electron chi connectivity index (χ2n) is 3.05. The molecule has 2 nitrogen and oxygen atoms in total. The highest BCUT2D eigenvalue weighted by molar-refractivity contribution is 5.16. The van der Waals surface area contributed by atoms with Crippen molar-refractivity contribution in [1.82, 2.24) is 9.80 Å². The maximum Gasteiger partial charge on any atom is 0.0402 e. The molecule has 2 aliphatic rings. The predicted molar refractivity (Wildman–Crippen MR) is 57.2 cm³/mol. The standard InChI is InChI=1S/C12H12N2/c1-3-7-13(8-4-1)11-12-14-9-5-2-6-10-14/h3-10H,1-2H2. The first-order valence-electron chi connectivity index (χ1n) is 4.70. The molecule has 0 aliphatic carbocycles. The average Bonchev–Trinajstić information content (AvgIpc) is 2.29. The summed E-state index contributed by atoms with van der Waals surface area (Å²) in [6, 6.07) is 6.05. The molecule has 0 spiro atoms. The molecule has 2 heterocycles. The molecule has 0 atom stereocenters. The smallest absolute Gasteiger partial charge is 0.0402 e. The summed E-state index contributed by atoms with van der Waals surface area (Å²) in [6.45, 7) is 0. The van der Waals surface area contributed by atoms with E-state index >= 15 is 0 Å². The molecule has 0 radical (unpaired) electrons. The molecule has 0 aromatic rings. The van der Waals surface area contributed by atoms with Gasteiger partial charge in [0, 0.05) is 36.9 Å². The molecule has 2 aliphatic heterocycles. The normalized spacial score (nSPS) is 18.3. The van der Waals surface area contributed by atoms with E-state index in [1.54, 1.807) is 0 Å². The lowest BCUT2D eigenvalue weighted by molar-refractivity contribution is 0.676. The molecular weight excluding hydrogens is 172 g/mol. The van der Waals surface area contributed by atoms with Gasteiger partial charge in [-0.05, 0) is 12.8 Å². The summed E-state index contributed by atoms with van der Waals surface area (Å²) < 4.78 is 0. The van der Waals surface area contributed by atoms with Crippen LogP contribution in [0.25, 0.3) is 0 Å². The maximum absolute atomic E-state index is 3.02. The van der Waals surface area contributed by atoms with Crippen molar-refractivity contribution >= 4 is 0 Å². The van der Waals surface area contributed by atoms with Gasteiger partial charge in [-0.1, -0.05) is 24.3 Å². The Morgan fingerprint density at radius 2 is 1.00 bits per heavy atom. The van der Waals surface area contributed by atoms with Gasteiger partial charge in [-0.2, -0.15) is 0 Å². The zero-order chi connectivity index (χ0) is 9.64. The van der Waals surface area contributed by atoms with Crippen LogP contribution in [-0.4, -0.2) is 9.80 Å². The van der Waals surface area contributed by atoms with Crippen LogP contribution in [-0.2, 0) is 0 Å². The second-order valence-corrected chi connectivity index (χ2v) is 3.05. The minimum atomic E-state index is 1.00. The highest BCUT2D eigenvalue weighted by Gasteiger charge is 1.93. The summed E-state index contributed by atoms with van der Waals surface area (Å²) in [5.74, 6) is 0. The molecule has 0 bridgehead atoms. The molecule has 2 heteroatoms. The van der Waals surface area contributed by atoms with E-state index in [9.17, 15) is 0 Å². The molecule has 14 heavy (non-hydrogen) atoms. The summed E-state index contributed by atoms with van der Waals surface area (Å²) in [5, 5.41) is 0. The first-order chi connectivity index (χ1) is 6.95. The number of hydrogen-bond acceptors (Lipinski definition) is 2. The fraction of sp³-hybridized carbons (Fsp3) is 0.167. The molecule has 0 saturated carbocycles. The zero-order valence-electron chi connectivity index (χ0n) is 7.93. The van der Waals surface area contributed by atoms with Gasteiger partial charge in [0.2, 0.25) is 0 Å². The lowest BCUT2D eigenvalue weighted by Gasteiger charge is -2.11. The van der Waals surface area contributed by atoms with Crippen molar-refractivity contribution in [2.75, 3.05) is 0 Å². The fourth-order valence-corrected chi connectivity index (χ4v) is 1.22. The Hall–Kier alpha value is -1.88. The van der Waals surface area contributed by atoms with Crippen LogP contribution in [0.3, 0.4) is 0 Å². The monoisotopic (exact) mass is 184 g/mol. The quantitative estimate of drug-likeness (QED) is 0.533.